The minimum absolute atomic E-state index is 0.0222. The summed E-state index contributed by atoms with van der Waals surface area (Å²) >= 11 is 1.63. The smallest absolute Gasteiger partial charge is 0.195 e. The molecule has 1 aliphatic carbocycles. The highest BCUT2D eigenvalue weighted by molar-refractivity contribution is 7.22. The lowest BCUT2D eigenvalue weighted by atomic mass is 9.91. The first-order valence-electron chi connectivity index (χ1n) is 17.8. The number of hydrogen-bond acceptors (Lipinski definition) is 7. The first-order valence-corrected chi connectivity index (χ1v) is 18.6. The topological polar surface area (TPSA) is 51.2 Å². The summed E-state index contributed by atoms with van der Waals surface area (Å²) in [7, 11) is 1.68. The van der Waals surface area contributed by atoms with Crippen LogP contribution in [0.2, 0.25) is 0 Å². The van der Waals surface area contributed by atoms with Gasteiger partial charge in [0.2, 0.25) is 0 Å². The third-order valence-corrected chi connectivity index (χ3v) is 11.5. The van der Waals surface area contributed by atoms with Crippen molar-refractivity contribution in [3.8, 4) is 27.7 Å². The van der Waals surface area contributed by atoms with Crippen LogP contribution in [-0.4, -0.2) is 74.2 Å². The van der Waals surface area contributed by atoms with Crippen molar-refractivity contribution in [3.63, 3.8) is 0 Å². The Bertz CT molecular complexity index is 1620. The van der Waals surface area contributed by atoms with Crippen LogP contribution in [0.4, 0.5) is 0 Å². The van der Waals surface area contributed by atoms with Crippen molar-refractivity contribution in [1.29, 1.82) is 0 Å². The van der Waals surface area contributed by atoms with Gasteiger partial charge < -0.3 is 14.2 Å². The minimum atomic E-state index is 0.0222. The lowest BCUT2D eigenvalue weighted by Gasteiger charge is -2.39. The second-order valence-electron chi connectivity index (χ2n) is 13.4. The Morgan fingerprint density at radius 2 is 1.45 bits per heavy atom. The van der Waals surface area contributed by atoms with Crippen LogP contribution in [0, 0.1) is 0 Å². The highest BCUT2D eigenvalue weighted by Crippen LogP contribution is 2.42. The van der Waals surface area contributed by atoms with Gasteiger partial charge in [0.05, 0.1) is 7.11 Å². The molecule has 0 spiro atoms. The Labute approximate surface area is 283 Å². The van der Waals surface area contributed by atoms with Crippen molar-refractivity contribution in [3.05, 3.63) is 77.9 Å². The van der Waals surface area contributed by atoms with E-state index in [2.05, 4.69) is 21.9 Å². The number of ether oxygens (including phenoxy) is 3. The van der Waals surface area contributed by atoms with Crippen molar-refractivity contribution < 1.29 is 19.0 Å². The second-order valence-corrected chi connectivity index (χ2v) is 14.5. The van der Waals surface area contributed by atoms with Crippen molar-refractivity contribution in [2.24, 2.45) is 0 Å². The SMILES string of the molecule is COc1ccc2c(C(=O)c3ccc(O[C@@H]4CCCC[C@H]4N4CCCCCC4)cc3)c(-c3ccc(OCCN4CCCC4)cc3)sc2c1. The third kappa shape index (κ3) is 7.53. The molecule has 0 bridgehead atoms. The van der Waals surface area contributed by atoms with Gasteiger partial charge in [-0.25, -0.2) is 0 Å². The first kappa shape index (κ1) is 32.2. The number of methoxy groups -OCH3 is 1. The predicted octanol–water partition coefficient (Wildman–Crippen LogP) is 8.85. The number of benzene rings is 3. The molecule has 2 aliphatic heterocycles. The van der Waals surface area contributed by atoms with Crippen molar-refractivity contribution in [2.45, 2.75) is 76.4 Å². The number of nitrogens with zero attached hydrogens (tertiary/aromatic N) is 2. The van der Waals surface area contributed by atoms with E-state index in [1.54, 1.807) is 18.4 Å². The lowest BCUT2D eigenvalue weighted by Crippen LogP contribution is -2.48. The molecule has 7 heteroatoms. The number of carbonyl (C=O) groups is 1. The zero-order valence-corrected chi connectivity index (χ0v) is 28.6. The molecule has 1 saturated carbocycles. The number of carbonyl (C=O) groups excluding carboxylic acids is 1. The Kier molecular flexibility index (Phi) is 10.4. The molecular formula is C40H48N2O4S. The Morgan fingerprint density at radius 3 is 2.19 bits per heavy atom. The molecule has 3 aromatic carbocycles. The fraction of sp³-hybridized carbons (Fsp3) is 0.475. The van der Waals surface area contributed by atoms with E-state index in [0.29, 0.717) is 18.2 Å². The van der Waals surface area contributed by atoms with Gasteiger partial charge in [-0.3, -0.25) is 14.6 Å². The maximum Gasteiger partial charge on any atom is 0.195 e. The van der Waals surface area contributed by atoms with Gasteiger partial charge in [-0.2, -0.15) is 0 Å². The van der Waals surface area contributed by atoms with E-state index in [1.165, 1.54) is 84.0 Å². The van der Waals surface area contributed by atoms with Crippen LogP contribution < -0.4 is 14.2 Å². The molecule has 0 radical (unpaired) electrons. The summed E-state index contributed by atoms with van der Waals surface area (Å²) in [5, 5.41) is 0.949. The summed E-state index contributed by atoms with van der Waals surface area (Å²) in [6.07, 6.45) is 12.9. The van der Waals surface area contributed by atoms with E-state index < -0.39 is 0 Å². The normalized spacial score (nSPS) is 21.0. The Balaban J connectivity index is 1.10. The molecule has 248 valence electrons. The molecule has 3 fully saturated rings. The molecule has 0 unspecified atom stereocenters. The van der Waals surface area contributed by atoms with Gasteiger partial charge in [-0.05, 0) is 143 Å². The molecule has 0 N–H and O–H groups in total. The monoisotopic (exact) mass is 652 g/mol. The number of rotatable bonds is 11. The van der Waals surface area contributed by atoms with Crippen molar-refractivity contribution in [1.82, 2.24) is 9.80 Å². The van der Waals surface area contributed by atoms with Gasteiger partial charge in [-0.1, -0.05) is 19.3 Å². The molecule has 47 heavy (non-hydrogen) atoms. The fourth-order valence-corrected chi connectivity index (χ4v) is 8.93. The summed E-state index contributed by atoms with van der Waals surface area (Å²) in [6, 6.07) is 22.5. The molecule has 3 heterocycles. The molecule has 4 aromatic rings. The van der Waals surface area contributed by atoms with Gasteiger partial charge in [-0.15, -0.1) is 11.3 Å². The summed E-state index contributed by atoms with van der Waals surface area (Å²) < 4.78 is 19.3. The maximum atomic E-state index is 14.3. The number of hydrogen-bond donors (Lipinski definition) is 0. The summed E-state index contributed by atoms with van der Waals surface area (Å²) in [6.45, 7) is 6.37. The highest BCUT2D eigenvalue weighted by atomic mass is 32.1. The minimum Gasteiger partial charge on any atom is -0.497 e. The van der Waals surface area contributed by atoms with Crippen LogP contribution in [0.25, 0.3) is 20.5 Å². The van der Waals surface area contributed by atoms with E-state index in [9.17, 15) is 4.79 Å². The average molecular weight is 653 g/mol. The van der Waals surface area contributed by atoms with Crippen molar-refractivity contribution >= 4 is 27.2 Å². The zero-order valence-electron chi connectivity index (χ0n) is 27.8. The Morgan fingerprint density at radius 1 is 0.766 bits per heavy atom. The highest BCUT2D eigenvalue weighted by Gasteiger charge is 2.32. The maximum absolute atomic E-state index is 14.3. The average Bonchev–Trinajstić information content (AvgIpc) is 3.68. The van der Waals surface area contributed by atoms with Gasteiger partial charge in [0.15, 0.2) is 5.78 Å². The van der Waals surface area contributed by atoms with E-state index >= 15 is 0 Å². The molecule has 0 amide bonds. The van der Waals surface area contributed by atoms with Crippen LogP contribution >= 0.6 is 11.3 Å². The van der Waals surface area contributed by atoms with Crippen LogP contribution in [0.15, 0.2) is 66.7 Å². The van der Waals surface area contributed by atoms with E-state index in [4.69, 9.17) is 14.2 Å². The molecular weight excluding hydrogens is 605 g/mol. The molecule has 1 aromatic heterocycles. The van der Waals surface area contributed by atoms with E-state index in [-0.39, 0.29) is 11.9 Å². The second kappa shape index (κ2) is 15.2. The molecule has 3 aliphatic rings. The van der Waals surface area contributed by atoms with Gasteiger partial charge in [0.1, 0.15) is 30.0 Å². The predicted molar refractivity (Wildman–Crippen MR) is 192 cm³/mol. The first-order chi connectivity index (χ1) is 23.2. The molecule has 2 atom stereocenters. The molecule has 7 rings (SSSR count). The van der Waals surface area contributed by atoms with Crippen molar-refractivity contribution in [2.75, 3.05) is 46.4 Å². The summed E-state index contributed by atoms with van der Waals surface area (Å²) in [5.41, 5.74) is 2.42. The van der Waals surface area contributed by atoms with E-state index in [1.807, 2.05) is 54.6 Å². The van der Waals surface area contributed by atoms with E-state index in [0.717, 1.165) is 56.3 Å². The lowest BCUT2D eigenvalue weighted by molar-refractivity contribution is 0.0375. The number of fused-ring (bicyclic) bond motifs is 1. The summed E-state index contributed by atoms with van der Waals surface area (Å²) in [5.74, 6) is 2.52. The van der Waals surface area contributed by atoms with Crippen LogP contribution in [-0.2, 0) is 0 Å². The standard InChI is InChI=1S/C40H48N2O4S/c1-44-33-20-21-34-37(28-33)47-40(30-14-16-31(17-15-30)45-27-26-41-22-8-9-23-41)38(34)39(43)29-12-18-32(19-13-29)46-36-11-5-4-10-35(36)42-24-6-2-3-7-25-42/h12-21,28,35-36H,2-11,22-27H2,1H3/t35-,36-/m1/s1. The number of ketones is 1. The third-order valence-electron chi connectivity index (χ3n) is 10.3. The van der Waals surface area contributed by atoms with Gasteiger partial charge >= 0.3 is 0 Å². The van der Waals surface area contributed by atoms with Crippen LogP contribution in [0.5, 0.6) is 17.2 Å². The number of likely N-dealkylation sites (tertiary alicyclic amines) is 2. The number of thiophene rings is 1. The van der Waals surface area contributed by atoms with Gasteiger partial charge in [0.25, 0.3) is 0 Å². The Hall–Kier alpha value is -3.39. The van der Waals surface area contributed by atoms with Crippen LogP contribution in [0.1, 0.15) is 80.1 Å². The summed E-state index contributed by atoms with van der Waals surface area (Å²) in [4.78, 5) is 20.4. The zero-order chi connectivity index (χ0) is 32.0. The quantitative estimate of drug-likeness (QED) is 0.151. The van der Waals surface area contributed by atoms with Gasteiger partial charge in [0, 0.05) is 38.7 Å². The van der Waals surface area contributed by atoms with Crippen LogP contribution in [0.3, 0.4) is 0 Å². The molecule has 6 nitrogen and oxygen atoms in total. The molecule has 2 saturated heterocycles. The largest absolute Gasteiger partial charge is 0.497 e. The fourth-order valence-electron chi connectivity index (χ4n) is 7.70.